The third kappa shape index (κ3) is 5.01. The predicted molar refractivity (Wildman–Crippen MR) is 86.6 cm³/mol. The molecular weight excluding hydrogens is 262 g/mol. The fourth-order valence-electron chi connectivity index (χ4n) is 3.06. The van der Waals surface area contributed by atoms with Crippen LogP contribution in [0, 0.1) is 5.92 Å². The summed E-state index contributed by atoms with van der Waals surface area (Å²) in [5.74, 6) is 1.70. The second-order valence-corrected chi connectivity index (χ2v) is 6.12. The van der Waals surface area contributed by atoms with Gasteiger partial charge in [-0.05, 0) is 55.8 Å². The maximum Gasteiger partial charge on any atom is 0.119 e. The van der Waals surface area contributed by atoms with Crippen LogP contribution in [0.2, 0.25) is 0 Å². The zero-order valence-electron chi connectivity index (χ0n) is 13.3. The van der Waals surface area contributed by atoms with Crippen molar-refractivity contribution in [1.82, 2.24) is 5.32 Å². The molecule has 118 valence electrons. The summed E-state index contributed by atoms with van der Waals surface area (Å²) >= 11 is 0. The van der Waals surface area contributed by atoms with Crippen molar-refractivity contribution >= 4 is 0 Å². The minimum atomic E-state index is -0.390. The lowest BCUT2D eigenvalue weighted by Gasteiger charge is -2.31. The van der Waals surface area contributed by atoms with E-state index in [4.69, 9.17) is 4.74 Å². The summed E-state index contributed by atoms with van der Waals surface area (Å²) in [5.41, 5.74) is 0.985. The molecule has 0 aromatic heterocycles. The van der Waals surface area contributed by atoms with Gasteiger partial charge < -0.3 is 15.2 Å². The number of aliphatic hydroxyl groups is 1. The molecule has 1 aromatic carbocycles. The Labute approximate surface area is 128 Å². The minimum absolute atomic E-state index is 0.390. The molecule has 1 saturated heterocycles. The number of ether oxygens (including phenoxy) is 1. The Morgan fingerprint density at radius 2 is 2.05 bits per heavy atom. The van der Waals surface area contributed by atoms with Crippen LogP contribution in [-0.4, -0.2) is 24.3 Å². The van der Waals surface area contributed by atoms with Gasteiger partial charge in [0, 0.05) is 6.04 Å². The second-order valence-electron chi connectivity index (χ2n) is 6.12. The largest absolute Gasteiger partial charge is 0.494 e. The first-order valence-electron chi connectivity index (χ1n) is 8.37. The van der Waals surface area contributed by atoms with Gasteiger partial charge >= 0.3 is 0 Å². The first-order chi connectivity index (χ1) is 10.2. The summed E-state index contributed by atoms with van der Waals surface area (Å²) in [5, 5.41) is 14.0. The van der Waals surface area contributed by atoms with Crippen LogP contribution in [0.1, 0.15) is 57.6 Å². The summed E-state index contributed by atoms with van der Waals surface area (Å²) in [6.07, 6.45) is 5.12. The Balaban J connectivity index is 1.86. The lowest BCUT2D eigenvalue weighted by molar-refractivity contribution is 0.136. The Bertz CT molecular complexity index is 404. The molecule has 0 radical (unpaired) electrons. The van der Waals surface area contributed by atoms with Gasteiger partial charge in [0.2, 0.25) is 0 Å². The summed E-state index contributed by atoms with van der Waals surface area (Å²) in [4.78, 5) is 0. The van der Waals surface area contributed by atoms with E-state index in [1.165, 1.54) is 19.3 Å². The molecule has 3 nitrogen and oxygen atoms in total. The van der Waals surface area contributed by atoms with E-state index in [2.05, 4.69) is 19.2 Å². The highest BCUT2D eigenvalue weighted by molar-refractivity contribution is 5.28. The van der Waals surface area contributed by atoms with Crippen molar-refractivity contribution in [2.24, 2.45) is 5.92 Å². The molecule has 1 aliphatic heterocycles. The van der Waals surface area contributed by atoms with E-state index >= 15 is 0 Å². The predicted octanol–water partition coefficient (Wildman–Crippen LogP) is 3.68. The number of aliphatic hydroxyl groups excluding tert-OH is 1. The van der Waals surface area contributed by atoms with Gasteiger partial charge in [-0.1, -0.05) is 32.4 Å². The van der Waals surface area contributed by atoms with Gasteiger partial charge in [0.05, 0.1) is 12.7 Å². The van der Waals surface area contributed by atoms with E-state index in [1.54, 1.807) is 0 Å². The van der Waals surface area contributed by atoms with Gasteiger partial charge in [-0.2, -0.15) is 0 Å². The summed E-state index contributed by atoms with van der Waals surface area (Å²) in [7, 11) is 0. The fraction of sp³-hybridized carbons (Fsp3) is 0.667. The Kier molecular flexibility index (Phi) is 6.52. The summed E-state index contributed by atoms with van der Waals surface area (Å²) in [6.45, 7) is 6.18. The second kappa shape index (κ2) is 8.40. The van der Waals surface area contributed by atoms with Crippen molar-refractivity contribution in [3.63, 3.8) is 0 Å². The number of piperidine rings is 1. The number of hydrogen-bond donors (Lipinski definition) is 2. The zero-order chi connectivity index (χ0) is 15.1. The number of nitrogens with one attached hydrogen (secondary N) is 1. The molecule has 1 fully saturated rings. The summed E-state index contributed by atoms with van der Waals surface area (Å²) < 4.78 is 5.57. The van der Waals surface area contributed by atoms with Crippen LogP contribution in [0.4, 0.5) is 0 Å². The van der Waals surface area contributed by atoms with Crippen molar-refractivity contribution in [1.29, 1.82) is 0 Å². The van der Waals surface area contributed by atoms with Crippen molar-refractivity contribution < 1.29 is 9.84 Å². The van der Waals surface area contributed by atoms with Gasteiger partial charge in [0.25, 0.3) is 0 Å². The molecule has 3 atom stereocenters. The molecule has 1 heterocycles. The molecular formula is C18H29NO2. The molecule has 3 heteroatoms. The Hall–Kier alpha value is -1.06. The van der Waals surface area contributed by atoms with E-state index < -0.39 is 6.10 Å². The molecule has 1 aliphatic rings. The maximum atomic E-state index is 10.4. The smallest absolute Gasteiger partial charge is 0.119 e. The number of benzene rings is 1. The minimum Gasteiger partial charge on any atom is -0.494 e. The topological polar surface area (TPSA) is 41.5 Å². The number of rotatable bonds is 7. The van der Waals surface area contributed by atoms with Crippen molar-refractivity contribution in [3.8, 4) is 5.75 Å². The monoisotopic (exact) mass is 291 g/mol. The normalized spacial score (nSPS) is 23.8. The highest BCUT2D eigenvalue weighted by Crippen LogP contribution is 2.27. The summed E-state index contributed by atoms with van der Waals surface area (Å²) in [6, 6.07) is 8.31. The zero-order valence-corrected chi connectivity index (χ0v) is 13.3. The third-order valence-corrected chi connectivity index (χ3v) is 4.43. The first-order valence-corrected chi connectivity index (χ1v) is 8.37. The average Bonchev–Trinajstić information content (AvgIpc) is 2.53. The molecule has 2 rings (SSSR count). The van der Waals surface area contributed by atoms with Gasteiger partial charge in [-0.15, -0.1) is 0 Å². The van der Waals surface area contributed by atoms with Crippen molar-refractivity contribution in [2.75, 3.05) is 13.2 Å². The standard InChI is InChI=1S/C18H29NO2/c1-3-11-21-17-7-5-15(6-8-17)18(20)13-16-12-14(4-2)9-10-19-16/h5-8,14,16,18-20H,3-4,9-13H2,1-2H3. The van der Waals surface area contributed by atoms with Crippen LogP contribution in [0.3, 0.4) is 0 Å². The first kappa shape index (κ1) is 16.3. The third-order valence-electron chi connectivity index (χ3n) is 4.43. The van der Waals surface area contributed by atoms with Gasteiger partial charge in [0.1, 0.15) is 5.75 Å². The van der Waals surface area contributed by atoms with E-state index in [0.29, 0.717) is 6.04 Å². The van der Waals surface area contributed by atoms with Gasteiger partial charge in [-0.3, -0.25) is 0 Å². The van der Waals surface area contributed by atoms with Crippen molar-refractivity contribution in [3.05, 3.63) is 29.8 Å². The molecule has 3 unspecified atom stereocenters. The van der Waals surface area contributed by atoms with E-state index in [1.807, 2.05) is 24.3 Å². The van der Waals surface area contributed by atoms with Crippen LogP contribution in [-0.2, 0) is 0 Å². The van der Waals surface area contributed by atoms with Gasteiger partial charge in [-0.25, -0.2) is 0 Å². The van der Waals surface area contributed by atoms with Crippen LogP contribution < -0.4 is 10.1 Å². The van der Waals surface area contributed by atoms with Gasteiger partial charge in [0.15, 0.2) is 0 Å². The molecule has 0 amide bonds. The molecule has 0 aliphatic carbocycles. The van der Waals surface area contributed by atoms with E-state index in [-0.39, 0.29) is 0 Å². The molecule has 21 heavy (non-hydrogen) atoms. The maximum absolute atomic E-state index is 10.4. The molecule has 0 saturated carbocycles. The van der Waals surface area contributed by atoms with Crippen LogP contribution in [0.25, 0.3) is 0 Å². The van der Waals surface area contributed by atoms with Crippen LogP contribution in [0.15, 0.2) is 24.3 Å². The van der Waals surface area contributed by atoms with Crippen LogP contribution >= 0.6 is 0 Å². The Morgan fingerprint density at radius 1 is 1.29 bits per heavy atom. The molecule has 2 N–H and O–H groups in total. The lowest BCUT2D eigenvalue weighted by Crippen LogP contribution is -2.38. The average molecular weight is 291 g/mol. The molecule has 0 bridgehead atoms. The number of hydrogen-bond acceptors (Lipinski definition) is 3. The molecule has 0 spiro atoms. The van der Waals surface area contributed by atoms with E-state index in [9.17, 15) is 5.11 Å². The highest BCUT2D eigenvalue weighted by atomic mass is 16.5. The van der Waals surface area contributed by atoms with Crippen LogP contribution in [0.5, 0.6) is 5.75 Å². The van der Waals surface area contributed by atoms with Crippen molar-refractivity contribution in [2.45, 2.75) is 58.1 Å². The van der Waals surface area contributed by atoms with E-state index in [0.717, 1.165) is 43.2 Å². The lowest BCUT2D eigenvalue weighted by atomic mass is 9.87. The highest BCUT2D eigenvalue weighted by Gasteiger charge is 2.23. The molecule has 1 aromatic rings. The SMILES string of the molecule is CCCOc1ccc(C(O)CC2CC(CC)CCN2)cc1. The Morgan fingerprint density at radius 3 is 2.71 bits per heavy atom. The quantitative estimate of drug-likeness (QED) is 0.805. The fourth-order valence-corrected chi connectivity index (χ4v) is 3.06.